The quantitative estimate of drug-likeness (QED) is 0.726. The SMILES string of the molecule is COC(=O)c1cnc2c(F)ccc(Br)c2c1Br. The van der Waals surface area contributed by atoms with Crippen molar-refractivity contribution in [1.82, 2.24) is 4.98 Å². The molecular formula is C11H6Br2FNO2. The zero-order chi connectivity index (χ0) is 12.6. The first kappa shape index (κ1) is 12.4. The molecule has 0 bridgehead atoms. The highest BCUT2D eigenvalue weighted by Crippen LogP contribution is 2.33. The van der Waals surface area contributed by atoms with Crippen LogP contribution < -0.4 is 0 Å². The summed E-state index contributed by atoms with van der Waals surface area (Å²) in [5.41, 5.74) is 0.449. The summed E-state index contributed by atoms with van der Waals surface area (Å²) in [7, 11) is 1.28. The molecule has 1 aromatic carbocycles. The third-order valence-electron chi connectivity index (χ3n) is 2.26. The van der Waals surface area contributed by atoms with E-state index in [9.17, 15) is 9.18 Å². The lowest BCUT2D eigenvalue weighted by Crippen LogP contribution is -2.04. The fraction of sp³-hybridized carbons (Fsp3) is 0.0909. The highest BCUT2D eigenvalue weighted by molar-refractivity contribution is 9.11. The second kappa shape index (κ2) is 4.70. The van der Waals surface area contributed by atoms with Crippen molar-refractivity contribution in [3.05, 3.63) is 38.7 Å². The zero-order valence-electron chi connectivity index (χ0n) is 8.63. The van der Waals surface area contributed by atoms with Gasteiger partial charge in [0.1, 0.15) is 11.3 Å². The fourth-order valence-electron chi connectivity index (χ4n) is 1.45. The van der Waals surface area contributed by atoms with E-state index in [1.54, 1.807) is 6.07 Å². The highest BCUT2D eigenvalue weighted by atomic mass is 79.9. The second-order valence-corrected chi connectivity index (χ2v) is 4.88. The molecule has 88 valence electrons. The maximum atomic E-state index is 13.5. The van der Waals surface area contributed by atoms with Gasteiger partial charge in [0.05, 0.1) is 12.7 Å². The Kier molecular flexibility index (Phi) is 3.44. The molecule has 0 amide bonds. The number of hydrogen-bond acceptors (Lipinski definition) is 3. The highest BCUT2D eigenvalue weighted by Gasteiger charge is 2.17. The minimum atomic E-state index is -0.526. The molecule has 0 radical (unpaired) electrons. The summed E-state index contributed by atoms with van der Waals surface area (Å²) in [5, 5.41) is 0.507. The lowest BCUT2D eigenvalue weighted by molar-refractivity contribution is 0.0599. The Hall–Kier alpha value is -1.01. The van der Waals surface area contributed by atoms with E-state index in [-0.39, 0.29) is 11.1 Å². The summed E-state index contributed by atoms with van der Waals surface area (Å²) >= 11 is 6.57. The Bertz CT molecular complexity index is 616. The van der Waals surface area contributed by atoms with E-state index in [1.165, 1.54) is 19.4 Å². The molecular weight excluding hydrogens is 357 g/mol. The molecule has 0 saturated heterocycles. The number of methoxy groups -OCH3 is 1. The van der Waals surface area contributed by atoms with Gasteiger partial charge in [-0.2, -0.15) is 0 Å². The molecule has 0 aliphatic rings. The smallest absolute Gasteiger partial charge is 0.340 e. The third-order valence-corrected chi connectivity index (χ3v) is 3.75. The molecule has 1 aromatic heterocycles. The lowest BCUT2D eigenvalue weighted by atomic mass is 10.1. The number of carbonyl (C=O) groups excluding carboxylic acids is 1. The minimum absolute atomic E-state index is 0.193. The van der Waals surface area contributed by atoms with Crippen molar-refractivity contribution < 1.29 is 13.9 Å². The van der Waals surface area contributed by atoms with Crippen LogP contribution in [0.1, 0.15) is 10.4 Å². The Balaban J connectivity index is 2.84. The van der Waals surface area contributed by atoms with Crippen molar-refractivity contribution in [2.45, 2.75) is 0 Å². The van der Waals surface area contributed by atoms with Gasteiger partial charge in [-0.1, -0.05) is 15.9 Å². The van der Waals surface area contributed by atoms with Gasteiger partial charge in [0.25, 0.3) is 0 Å². The maximum Gasteiger partial charge on any atom is 0.340 e. The predicted octanol–water partition coefficient (Wildman–Crippen LogP) is 3.69. The largest absolute Gasteiger partial charge is 0.465 e. The number of esters is 1. The molecule has 0 unspecified atom stereocenters. The zero-order valence-corrected chi connectivity index (χ0v) is 11.8. The van der Waals surface area contributed by atoms with Crippen molar-refractivity contribution in [2.75, 3.05) is 7.11 Å². The number of ether oxygens (including phenoxy) is 1. The normalized spacial score (nSPS) is 10.6. The van der Waals surface area contributed by atoms with Crippen molar-refractivity contribution in [3.63, 3.8) is 0 Å². The first-order valence-corrected chi connectivity index (χ1v) is 6.15. The van der Waals surface area contributed by atoms with Crippen LogP contribution in [0.4, 0.5) is 4.39 Å². The molecule has 0 N–H and O–H groups in total. The van der Waals surface area contributed by atoms with Gasteiger partial charge in [-0.05, 0) is 28.1 Å². The average Bonchev–Trinajstić information content (AvgIpc) is 2.33. The summed E-state index contributed by atoms with van der Waals surface area (Å²) in [5.74, 6) is -0.970. The molecule has 0 fully saturated rings. The van der Waals surface area contributed by atoms with Gasteiger partial charge in [0.15, 0.2) is 0 Å². The average molecular weight is 363 g/mol. The molecule has 0 aliphatic heterocycles. The first-order valence-electron chi connectivity index (χ1n) is 4.56. The van der Waals surface area contributed by atoms with E-state index in [0.29, 0.717) is 14.3 Å². The Morgan fingerprint density at radius 2 is 2.12 bits per heavy atom. The molecule has 2 aromatic rings. The molecule has 0 aliphatic carbocycles. The van der Waals surface area contributed by atoms with Crippen LogP contribution in [0.15, 0.2) is 27.3 Å². The number of benzene rings is 1. The summed E-state index contributed by atoms with van der Waals surface area (Å²) in [6.45, 7) is 0. The molecule has 17 heavy (non-hydrogen) atoms. The Labute approximate surface area is 113 Å². The summed E-state index contributed by atoms with van der Waals surface area (Å²) in [6.07, 6.45) is 1.29. The first-order chi connectivity index (χ1) is 8.06. The number of carbonyl (C=O) groups is 1. The number of rotatable bonds is 1. The van der Waals surface area contributed by atoms with E-state index in [2.05, 4.69) is 41.6 Å². The molecule has 6 heteroatoms. The second-order valence-electron chi connectivity index (χ2n) is 3.23. The molecule has 0 atom stereocenters. The predicted molar refractivity (Wildman–Crippen MR) is 68.4 cm³/mol. The minimum Gasteiger partial charge on any atom is -0.465 e. The van der Waals surface area contributed by atoms with Crippen LogP contribution in [0.2, 0.25) is 0 Å². The number of fused-ring (bicyclic) bond motifs is 1. The van der Waals surface area contributed by atoms with Gasteiger partial charge >= 0.3 is 5.97 Å². The molecule has 1 heterocycles. The topological polar surface area (TPSA) is 39.2 Å². The van der Waals surface area contributed by atoms with Crippen molar-refractivity contribution in [2.24, 2.45) is 0 Å². The van der Waals surface area contributed by atoms with Crippen LogP contribution in [-0.4, -0.2) is 18.1 Å². The molecule has 0 saturated carbocycles. The van der Waals surface area contributed by atoms with Crippen LogP contribution in [-0.2, 0) is 4.74 Å². The van der Waals surface area contributed by atoms with Gasteiger partial charge < -0.3 is 4.74 Å². The maximum absolute atomic E-state index is 13.5. The van der Waals surface area contributed by atoms with E-state index >= 15 is 0 Å². The van der Waals surface area contributed by atoms with E-state index in [0.717, 1.165) is 0 Å². The van der Waals surface area contributed by atoms with Crippen LogP contribution in [0.5, 0.6) is 0 Å². The number of nitrogens with zero attached hydrogens (tertiary/aromatic N) is 1. The van der Waals surface area contributed by atoms with Gasteiger partial charge in [-0.3, -0.25) is 4.98 Å². The standard InChI is InChI=1S/C11H6Br2FNO2/c1-17-11(16)5-4-15-10-7(14)3-2-6(12)8(10)9(5)13/h2-4H,1H3. The van der Waals surface area contributed by atoms with Crippen molar-refractivity contribution in [1.29, 1.82) is 0 Å². The van der Waals surface area contributed by atoms with Crippen molar-refractivity contribution >= 4 is 48.7 Å². The van der Waals surface area contributed by atoms with Crippen LogP contribution >= 0.6 is 31.9 Å². The molecule has 3 nitrogen and oxygen atoms in total. The van der Waals surface area contributed by atoms with Crippen LogP contribution in [0, 0.1) is 5.82 Å². The summed E-state index contributed by atoms with van der Waals surface area (Å²) < 4.78 is 19.3. The van der Waals surface area contributed by atoms with Gasteiger partial charge in [0, 0.05) is 20.5 Å². The number of pyridine rings is 1. The number of aromatic nitrogens is 1. The van der Waals surface area contributed by atoms with Crippen LogP contribution in [0.3, 0.4) is 0 Å². The molecule has 2 rings (SSSR count). The Morgan fingerprint density at radius 3 is 2.76 bits per heavy atom. The van der Waals surface area contributed by atoms with E-state index < -0.39 is 11.8 Å². The van der Waals surface area contributed by atoms with Crippen molar-refractivity contribution in [3.8, 4) is 0 Å². The van der Waals surface area contributed by atoms with Gasteiger partial charge in [0.2, 0.25) is 0 Å². The monoisotopic (exact) mass is 361 g/mol. The van der Waals surface area contributed by atoms with Crippen LogP contribution in [0.25, 0.3) is 10.9 Å². The lowest BCUT2D eigenvalue weighted by Gasteiger charge is -2.07. The van der Waals surface area contributed by atoms with Gasteiger partial charge in [-0.15, -0.1) is 0 Å². The van der Waals surface area contributed by atoms with E-state index in [4.69, 9.17) is 0 Å². The molecule has 0 spiro atoms. The van der Waals surface area contributed by atoms with Gasteiger partial charge in [-0.25, -0.2) is 9.18 Å². The summed E-state index contributed by atoms with van der Waals surface area (Å²) in [4.78, 5) is 15.4. The summed E-state index contributed by atoms with van der Waals surface area (Å²) in [6, 6.07) is 2.87. The van der Waals surface area contributed by atoms with E-state index in [1.807, 2.05) is 0 Å². The Morgan fingerprint density at radius 1 is 1.41 bits per heavy atom. The fourth-order valence-corrected chi connectivity index (χ4v) is 2.90. The number of hydrogen-bond donors (Lipinski definition) is 0. The third kappa shape index (κ3) is 2.07. The number of halogens is 3.